The van der Waals surface area contributed by atoms with E-state index < -0.39 is 0 Å². The molecule has 8 heteroatoms. The summed E-state index contributed by atoms with van der Waals surface area (Å²) in [5.41, 5.74) is 0.721. The second kappa shape index (κ2) is 5.02. The molecule has 1 unspecified atom stereocenters. The lowest BCUT2D eigenvalue weighted by Crippen LogP contribution is -2.50. The van der Waals surface area contributed by atoms with Gasteiger partial charge in [-0.3, -0.25) is 4.79 Å². The third kappa shape index (κ3) is 2.68. The second-order valence-corrected chi connectivity index (χ2v) is 4.11. The summed E-state index contributed by atoms with van der Waals surface area (Å²) in [5, 5.41) is 18.9. The fourth-order valence-electron chi connectivity index (χ4n) is 1.65. The number of carbonyl (C=O) groups is 1. The molecule has 0 radical (unpaired) electrons. The van der Waals surface area contributed by atoms with Crippen LogP contribution >= 0.6 is 0 Å². The standard InChI is InChI=1S/C11H12N6O2/c18-10(9-5-6-12-9)13-7-1-3-8(4-2-7)19-11-14-16-17-15-11/h1-4,9,12H,5-6H2,(H,13,18)(H,14,15,16,17). The highest BCUT2D eigenvalue weighted by atomic mass is 16.5. The largest absolute Gasteiger partial charge is 0.422 e. The first-order valence-corrected chi connectivity index (χ1v) is 5.87. The molecule has 1 aliphatic rings. The topological polar surface area (TPSA) is 105 Å². The molecule has 98 valence electrons. The van der Waals surface area contributed by atoms with Crippen LogP contribution in [0.5, 0.6) is 11.8 Å². The van der Waals surface area contributed by atoms with E-state index in [0.29, 0.717) is 5.75 Å². The zero-order chi connectivity index (χ0) is 13.1. The zero-order valence-electron chi connectivity index (χ0n) is 9.96. The van der Waals surface area contributed by atoms with E-state index in [0.717, 1.165) is 18.7 Å². The molecule has 19 heavy (non-hydrogen) atoms. The van der Waals surface area contributed by atoms with E-state index in [1.807, 2.05) is 0 Å². The molecule has 0 bridgehead atoms. The Hall–Kier alpha value is -2.48. The second-order valence-electron chi connectivity index (χ2n) is 4.11. The third-order valence-electron chi connectivity index (χ3n) is 2.80. The molecule has 1 saturated heterocycles. The number of ether oxygens (including phenoxy) is 1. The molecule has 1 aromatic heterocycles. The van der Waals surface area contributed by atoms with Gasteiger partial charge in [-0.15, -0.1) is 0 Å². The fraction of sp³-hybridized carbons (Fsp3) is 0.273. The Bertz CT molecular complexity index is 549. The van der Waals surface area contributed by atoms with E-state index in [1.165, 1.54) is 0 Å². The SMILES string of the molecule is O=C(Nc1ccc(Oc2nn[nH]n2)cc1)C1CCN1. The van der Waals surface area contributed by atoms with Gasteiger partial charge in [-0.05, 0) is 42.4 Å². The van der Waals surface area contributed by atoms with E-state index in [1.54, 1.807) is 24.3 Å². The van der Waals surface area contributed by atoms with Gasteiger partial charge in [0.25, 0.3) is 0 Å². The number of hydrogen-bond donors (Lipinski definition) is 3. The van der Waals surface area contributed by atoms with Crippen LogP contribution in [0.3, 0.4) is 0 Å². The number of H-pyrrole nitrogens is 1. The summed E-state index contributed by atoms with van der Waals surface area (Å²) in [6.45, 7) is 0.898. The molecule has 1 atom stereocenters. The summed E-state index contributed by atoms with van der Waals surface area (Å²) in [6, 6.07) is 7.03. The summed E-state index contributed by atoms with van der Waals surface area (Å²) >= 11 is 0. The smallest absolute Gasteiger partial charge is 0.361 e. The van der Waals surface area contributed by atoms with Gasteiger partial charge in [0.05, 0.1) is 6.04 Å². The Morgan fingerprint density at radius 1 is 1.37 bits per heavy atom. The molecule has 8 nitrogen and oxygen atoms in total. The molecule has 0 saturated carbocycles. The molecular weight excluding hydrogens is 248 g/mol. The molecule has 2 heterocycles. The van der Waals surface area contributed by atoms with Crippen molar-refractivity contribution < 1.29 is 9.53 Å². The number of rotatable bonds is 4. The highest BCUT2D eigenvalue weighted by Gasteiger charge is 2.24. The number of anilines is 1. The van der Waals surface area contributed by atoms with Gasteiger partial charge in [-0.25, -0.2) is 0 Å². The van der Waals surface area contributed by atoms with Crippen LogP contribution in [0, 0.1) is 0 Å². The lowest BCUT2D eigenvalue weighted by Gasteiger charge is -2.26. The Labute approximate surface area is 108 Å². The van der Waals surface area contributed by atoms with Gasteiger partial charge in [-0.1, -0.05) is 10.2 Å². The molecule has 0 spiro atoms. The molecule has 1 aromatic carbocycles. The number of nitrogens with zero attached hydrogens (tertiary/aromatic N) is 3. The first-order valence-electron chi connectivity index (χ1n) is 5.87. The lowest BCUT2D eigenvalue weighted by atomic mass is 10.1. The number of amides is 1. The van der Waals surface area contributed by atoms with E-state index in [4.69, 9.17) is 4.74 Å². The minimum absolute atomic E-state index is 0.0157. The summed E-state index contributed by atoms with van der Waals surface area (Å²) in [4.78, 5) is 11.7. The van der Waals surface area contributed by atoms with Crippen molar-refractivity contribution in [2.75, 3.05) is 11.9 Å². The minimum Gasteiger partial charge on any atom is -0.422 e. The van der Waals surface area contributed by atoms with E-state index in [-0.39, 0.29) is 18.0 Å². The van der Waals surface area contributed by atoms with Crippen molar-refractivity contribution in [3.05, 3.63) is 24.3 Å². The van der Waals surface area contributed by atoms with Gasteiger partial charge in [0.15, 0.2) is 0 Å². The number of aromatic amines is 1. The van der Waals surface area contributed by atoms with Crippen molar-refractivity contribution in [1.82, 2.24) is 25.9 Å². The molecule has 3 N–H and O–H groups in total. The summed E-state index contributed by atoms with van der Waals surface area (Å²) in [5.74, 6) is 0.555. The number of hydrogen-bond acceptors (Lipinski definition) is 6. The maximum atomic E-state index is 11.7. The average molecular weight is 260 g/mol. The van der Waals surface area contributed by atoms with Crippen LogP contribution in [0.2, 0.25) is 0 Å². The van der Waals surface area contributed by atoms with Gasteiger partial charge in [0, 0.05) is 5.69 Å². The van der Waals surface area contributed by atoms with E-state index in [2.05, 4.69) is 31.3 Å². The van der Waals surface area contributed by atoms with Gasteiger partial charge >= 0.3 is 6.01 Å². The normalized spacial score (nSPS) is 17.6. The summed E-state index contributed by atoms with van der Waals surface area (Å²) < 4.78 is 5.32. The zero-order valence-corrected chi connectivity index (χ0v) is 9.96. The quantitative estimate of drug-likeness (QED) is 0.730. The van der Waals surface area contributed by atoms with Crippen LogP contribution in [0.15, 0.2) is 24.3 Å². The third-order valence-corrected chi connectivity index (χ3v) is 2.80. The number of tetrazole rings is 1. The van der Waals surface area contributed by atoms with Crippen molar-refractivity contribution in [1.29, 1.82) is 0 Å². The maximum Gasteiger partial charge on any atom is 0.361 e. The Morgan fingerprint density at radius 3 is 2.74 bits per heavy atom. The van der Waals surface area contributed by atoms with Crippen LogP contribution in [-0.2, 0) is 4.79 Å². The molecule has 0 aliphatic carbocycles. The predicted octanol–water partition coefficient (Wildman–Crippen LogP) is 0.292. The molecule has 3 rings (SSSR count). The highest BCUT2D eigenvalue weighted by molar-refractivity contribution is 5.95. The Kier molecular flexibility index (Phi) is 3.07. The average Bonchev–Trinajstić information content (AvgIpc) is 2.82. The van der Waals surface area contributed by atoms with Crippen LogP contribution in [0.4, 0.5) is 5.69 Å². The molecule has 2 aromatic rings. The number of carbonyl (C=O) groups excluding carboxylic acids is 1. The monoisotopic (exact) mass is 260 g/mol. The van der Waals surface area contributed by atoms with Crippen LogP contribution in [0.1, 0.15) is 6.42 Å². The van der Waals surface area contributed by atoms with Crippen LogP contribution in [0.25, 0.3) is 0 Å². The van der Waals surface area contributed by atoms with E-state index in [9.17, 15) is 4.79 Å². The van der Waals surface area contributed by atoms with Crippen molar-refractivity contribution in [3.63, 3.8) is 0 Å². The first kappa shape index (κ1) is 11.6. The van der Waals surface area contributed by atoms with Crippen molar-refractivity contribution in [2.45, 2.75) is 12.5 Å². The van der Waals surface area contributed by atoms with Crippen LogP contribution < -0.4 is 15.4 Å². The van der Waals surface area contributed by atoms with Gasteiger partial charge < -0.3 is 15.4 Å². The number of aromatic nitrogens is 4. The van der Waals surface area contributed by atoms with Crippen molar-refractivity contribution in [2.24, 2.45) is 0 Å². The highest BCUT2D eigenvalue weighted by Crippen LogP contribution is 2.19. The number of nitrogens with one attached hydrogen (secondary N) is 3. The molecule has 1 fully saturated rings. The molecule has 1 aliphatic heterocycles. The predicted molar refractivity (Wildman–Crippen MR) is 65.7 cm³/mol. The van der Waals surface area contributed by atoms with E-state index >= 15 is 0 Å². The van der Waals surface area contributed by atoms with Gasteiger partial charge in [0.1, 0.15) is 5.75 Å². The lowest BCUT2D eigenvalue weighted by molar-refractivity contribution is -0.119. The van der Waals surface area contributed by atoms with Gasteiger partial charge in [-0.2, -0.15) is 5.21 Å². The van der Waals surface area contributed by atoms with Crippen molar-refractivity contribution >= 4 is 11.6 Å². The maximum absolute atomic E-state index is 11.7. The molecule has 1 amide bonds. The van der Waals surface area contributed by atoms with Crippen LogP contribution in [-0.4, -0.2) is 39.1 Å². The van der Waals surface area contributed by atoms with Gasteiger partial charge in [0.2, 0.25) is 5.91 Å². The first-order chi connectivity index (χ1) is 9.31. The minimum atomic E-state index is -0.0738. The Morgan fingerprint density at radius 2 is 2.16 bits per heavy atom. The Balaban J connectivity index is 1.60. The molecular formula is C11H12N6O2. The summed E-state index contributed by atoms with van der Waals surface area (Å²) in [7, 11) is 0. The van der Waals surface area contributed by atoms with Crippen molar-refractivity contribution in [3.8, 4) is 11.8 Å². The fourth-order valence-corrected chi connectivity index (χ4v) is 1.65. The summed E-state index contributed by atoms with van der Waals surface area (Å²) in [6.07, 6.45) is 0.880. The number of benzene rings is 1.